The number of nitrogens with zero attached hydrogens (tertiary/aromatic N) is 2. The normalized spacial score (nSPS) is 16.3. The van der Waals surface area contributed by atoms with Gasteiger partial charge in [0.2, 0.25) is 11.8 Å². The van der Waals surface area contributed by atoms with Crippen molar-refractivity contribution in [2.45, 2.75) is 40.2 Å². The first-order valence-electron chi connectivity index (χ1n) is 7.54. The minimum absolute atomic E-state index is 0.00780. The molecule has 2 amide bonds. The van der Waals surface area contributed by atoms with Crippen LogP contribution in [-0.4, -0.2) is 40.0 Å². The van der Waals surface area contributed by atoms with E-state index < -0.39 is 0 Å². The van der Waals surface area contributed by atoms with Crippen molar-refractivity contribution in [3.05, 3.63) is 17.5 Å². The minimum Gasteiger partial charge on any atom is -0.352 e. The molecule has 0 aromatic carbocycles. The van der Waals surface area contributed by atoms with Gasteiger partial charge < -0.3 is 10.2 Å². The zero-order valence-corrected chi connectivity index (χ0v) is 13.0. The topological polar surface area (TPSA) is 78.1 Å². The highest BCUT2D eigenvalue weighted by Crippen LogP contribution is 2.19. The zero-order chi connectivity index (χ0) is 15.4. The van der Waals surface area contributed by atoms with Crippen molar-refractivity contribution in [2.75, 3.05) is 13.1 Å². The largest absolute Gasteiger partial charge is 0.352 e. The summed E-state index contributed by atoms with van der Waals surface area (Å²) in [7, 11) is 0. The summed E-state index contributed by atoms with van der Waals surface area (Å²) in [6.07, 6.45) is 3.23. The maximum Gasteiger partial charge on any atom is 0.225 e. The van der Waals surface area contributed by atoms with Gasteiger partial charge in [-0.1, -0.05) is 13.8 Å². The van der Waals surface area contributed by atoms with Gasteiger partial charge in [0.05, 0.1) is 6.20 Å². The summed E-state index contributed by atoms with van der Waals surface area (Å²) in [5.74, 6) is 0.294. The number of aromatic amines is 1. The molecule has 0 atom stereocenters. The number of carbonyl (C=O) groups excluding carboxylic acids is 2. The van der Waals surface area contributed by atoms with Crippen molar-refractivity contribution >= 4 is 11.8 Å². The van der Waals surface area contributed by atoms with E-state index in [9.17, 15) is 9.59 Å². The summed E-state index contributed by atoms with van der Waals surface area (Å²) in [5.41, 5.74) is 1.99. The van der Waals surface area contributed by atoms with Crippen LogP contribution in [0.4, 0.5) is 0 Å². The molecule has 6 nitrogen and oxygen atoms in total. The van der Waals surface area contributed by atoms with E-state index >= 15 is 0 Å². The van der Waals surface area contributed by atoms with Crippen LogP contribution in [-0.2, 0) is 16.1 Å². The number of H-pyrrole nitrogens is 1. The number of hydrogen-bond donors (Lipinski definition) is 2. The van der Waals surface area contributed by atoms with Crippen molar-refractivity contribution in [3.8, 4) is 0 Å². The second kappa shape index (κ2) is 6.74. The average molecular weight is 292 g/mol. The smallest absolute Gasteiger partial charge is 0.225 e. The lowest BCUT2D eigenvalue weighted by Gasteiger charge is -2.32. The summed E-state index contributed by atoms with van der Waals surface area (Å²) in [4.78, 5) is 25.9. The second-order valence-electron chi connectivity index (χ2n) is 5.99. The van der Waals surface area contributed by atoms with Crippen LogP contribution >= 0.6 is 0 Å². The Bertz CT molecular complexity index is 502. The third kappa shape index (κ3) is 3.83. The van der Waals surface area contributed by atoms with Gasteiger partial charge in [-0.2, -0.15) is 5.10 Å². The Morgan fingerprint density at radius 1 is 1.43 bits per heavy atom. The van der Waals surface area contributed by atoms with E-state index in [1.54, 1.807) is 6.20 Å². The SMILES string of the molecule is Cc1[nH]ncc1CNC(=O)C1CCN(C(=O)C(C)C)CC1. The lowest BCUT2D eigenvalue weighted by Crippen LogP contribution is -2.44. The Hall–Kier alpha value is -1.85. The summed E-state index contributed by atoms with van der Waals surface area (Å²) in [5, 5.41) is 9.75. The quantitative estimate of drug-likeness (QED) is 0.876. The molecule has 2 rings (SSSR count). The van der Waals surface area contributed by atoms with Gasteiger partial charge in [-0.05, 0) is 19.8 Å². The molecule has 0 aliphatic carbocycles. The number of hydrogen-bond acceptors (Lipinski definition) is 3. The first-order chi connectivity index (χ1) is 9.99. The van der Waals surface area contributed by atoms with Crippen LogP contribution in [0, 0.1) is 18.8 Å². The predicted molar refractivity (Wildman–Crippen MR) is 79.3 cm³/mol. The Morgan fingerprint density at radius 3 is 2.62 bits per heavy atom. The van der Waals surface area contributed by atoms with Crippen molar-refractivity contribution in [2.24, 2.45) is 11.8 Å². The Morgan fingerprint density at radius 2 is 2.10 bits per heavy atom. The molecule has 0 spiro atoms. The summed E-state index contributed by atoms with van der Waals surface area (Å²) >= 11 is 0. The highest BCUT2D eigenvalue weighted by atomic mass is 16.2. The number of aromatic nitrogens is 2. The molecule has 1 aromatic heterocycles. The average Bonchev–Trinajstić information content (AvgIpc) is 2.89. The van der Waals surface area contributed by atoms with Gasteiger partial charge in [0.15, 0.2) is 0 Å². The van der Waals surface area contributed by atoms with Crippen molar-refractivity contribution in [1.29, 1.82) is 0 Å². The van der Waals surface area contributed by atoms with Crippen LogP contribution in [0.1, 0.15) is 37.9 Å². The van der Waals surface area contributed by atoms with E-state index in [4.69, 9.17) is 0 Å². The van der Waals surface area contributed by atoms with Crippen LogP contribution in [0.5, 0.6) is 0 Å². The number of amides is 2. The first kappa shape index (κ1) is 15.5. The van der Waals surface area contributed by atoms with Crippen molar-refractivity contribution in [1.82, 2.24) is 20.4 Å². The first-order valence-corrected chi connectivity index (χ1v) is 7.54. The van der Waals surface area contributed by atoms with Gasteiger partial charge >= 0.3 is 0 Å². The summed E-state index contributed by atoms with van der Waals surface area (Å²) in [6.45, 7) is 7.62. The molecular weight excluding hydrogens is 268 g/mol. The fraction of sp³-hybridized carbons (Fsp3) is 0.667. The Kier molecular flexibility index (Phi) is 4.98. The molecule has 2 heterocycles. The van der Waals surface area contributed by atoms with E-state index in [1.807, 2.05) is 25.7 Å². The van der Waals surface area contributed by atoms with E-state index in [0.29, 0.717) is 19.6 Å². The minimum atomic E-state index is 0.00780. The number of carbonyl (C=O) groups is 2. The van der Waals surface area contributed by atoms with E-state index in [-0.39, 0.29) is 23.7 Å². The number of rotatable bonds is 4. The molecule has 6 heteroatoms. The van der Waals surface area contributed by atoms with Crippen LogP contribution < -0.4 is 5.32 Å². The van der Waals surface area contributed by atoms with Gasteiger partial charge in [0, 0.05) is 42.7 Å². The molecule has 1 aliphatic heterocycles. The van der Waals surface area contributed by atoms with Gasteiger partial charge in [-0.3, -0.25) is 14.7 Å². The lowest BCUT2D eigenvalue weighted by molar-refractivity contribution is -0.138. The fourth-order valence-electron chi connectivity index (χ4n) is 2.61. The van der Waals surface area contributed by atoms with E-state index in [0.717, 1.165) is 24.1 Å². The molecule has 0 saturated carbocycles. The third-order valence-corrected chi connectivity index (χ3v) is 4.06. The van der Waals surface area contributed by atoms with Crippen molar-refractivity contribution < 1.29 is 9.59 Å². The molecule has 1 saturated heterocycles. The van der Waals surface area contributed by atoms with Gasteiger partial charge in [-0.15, -0.1) is 0 Å². The monoisotopic (exact) mass is 292 g/mol. The lowest BCUT2D eigenvalue weighted by atomic mass is 9.95. The van der Waals surface area contributed by atoms with Gasteiger partial charge in [0.25, 0.3) is 0 Å². The van der Waals surface area contributed by atoms with Crippen molar-refractivity contribution in [3.63, 3.8) is 0 Å². The maximum atomic E-state index is 12.2. The molecule has 1 aromatic rings. The van der Waals surface area contributed by atoms with Gasteiger partial charge in [-0.25, -0.2) is 0 Å². The molecule has 1 fully saturated rings. The van der Waals surface area contributed by atoms with Gasteiger partial charge in [0.1, 0.15) is 0 Å². The van der Waals surface area contributed by atoms with E-state index in [1.165, 1.54) is 0 Å². The van der Waals surface area contributed by atoms with E-state index in [2.05, 4.69) is 15.5 Å². The van der Waals surface area contributed by atoms with Crippen LogP contribution in [0.2, 0.25) is 0 Å². The molecular formula is C15H24N4O2. The van der Waals surface area contributed by atoms with Crippen LogP contribution in [0.3, 0.4) is 0 Å². The molecule has 2 N–H and O–H groups in total. The highest BCUT2D eigenvalue weighted by molar-refractivity contribution is 5.80. The second-order valence-corrected chi connectivity index (χ2v) is 5.99. The number of nitrogens with one attached hydrogen (secondary N) is 2. The predicted octanol–water partition coefficient (Wildman–Crippen LogP) is 1.23. The Balaban J connectivity index is 1.78. The standard InChI is InChI=1S/C15H24N4O2/c1-10(2)15(21)19-6-4-12(5-7-19)14(20)16-8-13-9-17-18-11(13)3/h9-10,12H,4-8H2,1-3H3,(H,16,20)(H,17,18). The number of aryl methyl sites for hydroxylation is 1. The van der Waals surface area contributed by atoms with Crippen LogP contribution in [0.25, 0.3) is 0 Å². The molecule has 0 unspecified atom stereocenters. The van der Waals surface area contributed by atoms with Crippen LogP contribution in [0.15, 0.2) is 6.20 Å². The molecule has 0 bridgehead atoms. The fourth-order valence-corrected chi connectivity index (χ4v) is 2.61. The molecule has 116 valence electrons. The zero-order valence-electron chi connectivity index (χ0n) is 13.0. The summed E-state index contributed by atoms with van der Waals surface area (Å²) in [6, 6.07) is 0. The molecule has 0 radical (unpaired) electrons. The highest BCUT2D eigenvalue weighted by Gasteiger charge is 2.28. The molecule has 21 heavy (non-hydrogen) atoms. The number of piperidine rings is 1. The summed E-state index contributed by atoms with van der Waals surface area (Å²) < 4.78 is 0. The Labute approximate surface area is 125 Å². The number of likely N-dealkylation sites (tertiary alicyclic amines) is 1. The maximum absolute atomic E-state index is 12.2. The third-order valence-electron chi connectivity index (χ3n) is 4.06. The molecule has 1 aliphatic rings.